The maximum absolute atomic E-state index is 13.4. The second kappa shape index (κ2) is 4.78. The molecule has 0 bridgehead atoms. The summed E-state index contributed by atoms with van der Waals surface area (Å²) in [4.78, 5) is -0.849. The molecule has 0 radical (unpaired) electrons. The average molecular weight is 309 g/mol. The smallest absolute Gasteiger partial charge is 0.267 e. The number of hydrogen-bond acceptors (Lipinski definition) is 4. The normalized spacial score (nSPS) is 11.6. The van der Waals surface area contributed by atoms with E-state index >= 15 is 0 Å². The summed E-state index contributed by atoms with van der Waals surface area (Å²) in [5.74, 6) is -2.34. The van der Waals surface area contributed by atoms with Crippen molar-refractivity contribution in [3.05, 3.63) is 40.6 Å². The summed E-state index contributed by atoms with van der Waals surface area (Å²) in [5, 5.41) is 3.38. The number of aryl methyl sites for hydroxylation is 1. The van der Waals surface area contributed by atoms with Crippen LogP contribution in [0, 0.1) is 18.6 Å². The second-order valence-electron chi connectivity index (χ2n) is 3.59. The minimum Gasteiger partial charge on any atom is -0.336 e. The number of rotatable bonds is 3. The lowest BCUT2D eigenvalue weighted by Crippen LogP contribution is -2.14. The molecule has 0 atom stereocenters. The molecule has 102 valence electrons. The molecule has 0 saturated carbocycles. The van der Waals surface area contributed by atoms with Gasteiger partial charge in [0.15, 0.2) is 0 Å². The van der Waals surface area contributed by atoms with Crippen LogP contribution in [0.2, 0.25) is 5.02 Å². The van der Waals surface area contributed by atoms with Crippen LogP contribution in [0.4, 0.5) is 14.7 Å². The van der Waals surface area contributed by atoms with Crippen LogP contribution in [0.25, 0.3) is 0 Å². The van der Waals surface area contributed by atoms with E-state index in [-0.39, 0.29) is 16.6 Å². The van der Waals surface area contributed by atoms with Gasteiger partial charge in [0, 0.05) is 0 Å². The van der Waals surface area contributed by atoms with E-state index in [1.54, 1.807) is 0 Å². The van der Waals surface area contributed by atoms with Crippen molar-refractivity contribution in [3.8, 4) is 0 Å². The van der Waals surface area contributed by atoms with Crippen molar-refractivity contribution in [1.29, 1.82) is 0 Å². The quantitative estimate of drug-likeness (QED) is 0.946. The van der Waals surface area contributed by atoms with Gasteiger partial charge in [0.2, 0.25) is 0 Å². The Bertz CT molecular complexity index is 730. The van der Waals surface area contributed by atoms with Gasteiger partial charge in [0.25, 0.3) is 15.9 Å². The van der Waals surface area contributed by atoms with Crippen molar-refractivity contribution >= 4 is 27.5 Å². The van der Waals surface area contributed by atoms with E-state index in [1.807, 2.05) is 4.72 Å². The van der Waals surface area contributed by atoms with Crippen LogP contribution in [-0.4, -0.2) is 13.6 Å². The molecule has 0 aliphatic rings. The van der Waals surface area contributed by atoms with E-state index < -0.39 is 26.6 Å². The topological polar surface area (TPSA) is 72.2 Å². The molecule has 1 N–H and O–H groups in total. The van der Waals surface area contributed by atoms with Gasteiger partial charge in [0.1, 0.15) is 27.2 Å². The van der Waals surface area contributed by atoms with Gasteiger partial charge in [-0.15, -0.1) is 0 Å². The minimum absolute atomic E-state index is 0.0552. The zero-order chi connectivity index (χ0) is 14.2. The number of nitrogens with one attached hydrogen (secondary N) is 1. The van der Waals surface area contributed by atoms with Gasteiger partial charge in [-0.2, -0.15) is 0 Å². The van der Waals surface area contributed by atoms with Crippen LogP contribution in [0.15, 0.2) is 27.6 Å². The molecule has 1 aromatic carbocycles. The predicted octanol–water partition coefficient (Wildman–Crippen LogP) is 2.72. The largest absolute Gasteiger partial charge is 0.336 e. The highest BCUT2D eigenvalue weighted by Gasteiger charge is 2.23. The van der Waals surface area contributed by atoms with Gasteiger partial charge in [0.05, 0.1) is 0 Å². The Balaban J connectivity index is 2.43. The van der Waals surface area contributed by atoms with E-state index in [4.69, 9.17) is 11.6 Å². The van der Waals surface area contributed by atoms with E-state index in [2.05, 4.69) is 9.68 Å². The van der Waals surface area contributed by atoms with Crippen LogP contribution in [0.5, 0.6) is 0 Å². The van der Waals surface area contributed by atoms with E-state index in [9.17, 15) is 17.2 Å². The number of hydrogen-bond donors (Lipinski definition) is 1. The molecule has 0 unspecified atom stereocenters. The number of aromatic nitrogens is 1. The Morgan fingerprint density at radius 3 is 2.63 bits per heavy atom. The number of benzene rings is 1. The van der Waals surface area contributed by atoms with Crippen molar-refractivity contribution in [2.45, 2.75) is 11.8 Å². The molecule has 1 heterocycles. The van der Waals surface area contributed by atoms with E-state index in [0.717, 1.165) is 6.07 Å². The first-order chi connectivity index (χ1) is 8.81. The highest BCUT2D eigenvalue weighted by molar-refractivity contribution is 7.92. The van der Waals surface area contributed by atoms with Gasteiger partial charge >= 0.3 is 0 Å². The third kappa shape index (κ3) is 2.69. The van der Waals surface area contributed by atoms with E-state index in [0.29, 0.717) is 12.1 Å². The zero-order valence-electron chi connectivity index (χ0n) is 9.45. The summed E-state index contributed by atoms with van der Waals surface area (Å²) >= 11 is 5.72. The van der Waals surface area contributed by atoms with Crippen LogP contribution in [0.3, 0.4) is 0 Å². The molecular weight excluding hydrogens is 302 g/mol. The number of anilines is 1. The Morgan fingerprint density at radius 1 is 1.37 bits per heavy atom. The van der Waals surface area contributed by atoms with Crippen molar-refractivity contribution in [2.24, 2.45) is 0 Å². The molecule has 0 fully saturated rings. The van der Waals surface area contributed by atoms with E-state index in [1.165, 1.54) is 6.92 Å². The molecule has 2 aromatic rings. The zero-order valence-corrected chi connectivity index (χ0v) is 11.0. The summed E-state index contributed by atoms with van der Waals surface area (Å²) in [6, 6.07) is 2.06. The number of nitrogens with zero attached hydrogens (tertiary/aromatic N) is 1. The second-order valence-corrected chi connectivity index (χ2v) is 5.62. The highest BCUT2D eigenvalue weighted by Crippen LogP contribution is 2.28. The van der Waals surface area contributed by atoms with Crippen molar-refractivity contribution in [1.82, 2.24) is 5.16 Å². The third-order valence-corrected chi connectivity index (χ3v) is 3.99. The molecule has 2 rings (SSSR count). The molecular formula is C10H7ClF2N2O3S. The third-order valence-electron chi connectivity index (χ3n) is 2.20. The summed E-state index contributed by atoms with van der Waals surface area (Å²) in [6.07, 6.45) is 0. The Morgan fingerprint density at radius 2 is 2.05 bits per heavy atom. The standard InChI is InChI=1S/C10H7ClF2N2O3S/c1-5-9(11)10(18-14-5)15-19(16,17)8-4-6(12)2-3-7(8)13/h2-4,15H,1H3. The fourth-order valence-electron chi connectivity index (χ4n) is 1.28. The van der Waals surface area contributed by atoms with Crippen LogP contribution in [0.1, 0.15) is 5.69 Å². The maximum Gasteiger partial charge on any atom is 0.267 e. The van der Waals surface area contributed by atoms with Gasteiger partial charge in [-0.05, 0) is 25.1 Å². The number of sulfonamides is 1. The lowest BCUT2D eigenvalue weighted by Gasteiger charge is -2.06. The molecule has 0 saturated heterocycles. The Hall–Kier alpha value is -1.67. The highest BCUT2D eigenvalue weighted by atomic mass is 35.5. The Labute approximate surface area is 112 Å². The average Bonchev–Trinajstić information content (AvgIpc) is 2.63. The van der Waals surface area contributed by atoms with Crippen LogP contribution in [-0.2, 0) is 10.0 Å². The first-order valence-electron chi connectivity index (χ1n) is 4.91. The monoisotopic (exact) mass is 308 g/mol. The summed E-state index contributed by atoms with van der Waals surface area (Å²) < 4.78 is 56.7. The lowest BCUT2D eigenvalue weighted by molar-refractivity contribution is 0.430. The Kier molecular flexibility index (Phi) is 3.46. The molecule has 19 heavy (non-hydrogen) atoms. The van der Waals surface area contributed by atoms with Crippen molar-refractivity contribution in [2.75, 3.05) is 4.72 Å². The van der Waals surface area contributed by atoms with Crippen molar-refractivity contribution < 1.29 is 21.7 Å². The molecule has 0 amide bonds. The van der Waals surface area contributed by atoms with Crippen LogP contribution < -0.4 is 4.72 Å². The lowest BCUT2D eigenvalue weighted by atomic mass is 10.3. The predicted molar refractivity (Wildman–Crippen MR) is 63.4 cm³/mol. The molecule has 0 aliphatic heterocycles. The maximum atomic E-state index is 13.4. The SMILES string of the molecule is Cc1noc(NS(=O)(=O)c2cc(F)ccc2F)c1Cl. The first-order valence-corrected chi connectivity index (χ1v) is 6.77. The molecule has 5 nitrogen and oxygen atoms in total. The summed E-state index contributed by atoms with van der Waals surface area (Å²) in [7, 11) is -4.36. The fraction of sp³-hybridized carbons (Fsp3) is 0.100. The van der Waals surface area contributed by atoms with Gasteiger partial charge in [-0.3, -0.25) is 0 Å². The van der Waals surface area contributed by atoms with Gasteiger partial charge in [-0.1, -0.05) is 16.8 Å². The van der Waals surface area contributed by atoms with Gasteiger partial charge < -0.3 is 4.52 Å². The number of halogens is 3. The van der Waals surface area contributed by atoms with Gasteiger partial charge in [-0.25, -0.2) is 21.9 Å². The molecule has 1 aromatic heterocycles. The summed E-state index contributed by atoms with van der Waals surface area (Å²) in [5.41, 5.74) is 0.263. The van der Waals surface area contributed by atoms with Crippen LogP contribution >= 0.6 is 11.6 Å². The summed E-state index contributed by atoms with van der Waals surface area (Å²) in [6.45, 7) is 1.49. The minimum atomic E-state index is -4.36. The van der Waals surface area contributed by atoms with Crippen molar-refractivity contribution in [3.63, 3.8) is 0 Å². The first kappa shape index (κ1) is 13.8. The molecule has 0 aliphatic carbocycles. The fourth-order valence-corrected chi connectivity index (χ4v) is 2.54. The molecule has 9 heteroatoms. The molecule has 0 spiro atoms.